The molecule has 2 aromatic rings. The fourth-order valence-corrected chi connectivity index (χ4v) is 4.17. The van der Waals surface area contributed by atoms with Crippen molar-refractivity contribution in [2.45, 2.75) is 48.0 Å². The van der Waals surface area contributed by atoms with Gasteiger partial charge in [0.1, 0.15) is 17.7 Å². The van der Waals surface area contributed by atoms with Crippen LogP contribution < -0.4 is 16.0 Å². The second-order valence-corrected chi connectivity index (χ2v) is 11.2. The van der Waals surface area contributed by atoms with Gasteiger partial charge in [-0.2, -0.15) is 8.78 Å². The predicted octanol–water partition coefficient (Wildman–Crippen LogP) is 1.66. The average molecular weight is 706 g/mol. The number of amides is 3. The number of pyridine rings is 1. The molecule has 0 saturated carbocycles. The highest BCUT2D eigenvalue weighted by Crippen LogP contribution is 2.29. The van der Waals surface area contributed by atoms with Crippen LogP contribution in [0.3, 0.4) is 0 Å². The Bertz CT molecular complexity index is 1240. The number of ketones is 1. The van der Waals surface area contributed by atoms with E-state index in [1.165, 1.54) is 24.5 Å². The summed E-state index contributed by atoms with van der Waals surface area (Å²) in [6.07, 6.45) is 2.69. The Balaban J connectivity index is 1.79. The third-order valence-electron chi connectivity index (χ3n) is 6.09. The van der Waals surface area contributed by atoms with Crippen LogP contribution >= 0.6 is 20.7 Å². The van der Waals surface area contributed by atoms with E-state index in [0.29, 0.717) is 0 Å². The number of Topliss-reactive ketones (excluding diaryl/α,β-unsaturated/α-hetero) is 1. The molecule has 1 aromatic heterocycles. The van der Waals surface area contributed by atoms with Crippen LogP contribution in [-0.2, 0) is 35.0 Å². The summed E-state index contributed by atoms with van der Waals surface area (Å²) < 4.78 is 55.8. The van der Waals surface area contributed by atoms with Crippen molar-refractivity contribution >= 4 is 48.8 Å². The topological polar surface area (TPSA) is 148 Å². The summed E-state index contributed by atoms with van der Waals surface area (Å²) >= 11 is -1.28. The number of halogens is 4. The van der Waals surface area contributed by atoms with Gasteiger partial charge in [0, 0.05) is 12.4 Å². The number of carbonyl (C=O) groups excluding carboxylic acids is 4. The maximum absolute atomic E-state index is 13.9. The quantitative estimate of drug-likeness (QED) is 0.128. The molecule has 0 bridgehead atoms. The van der Waals surface area contributed by atoms with Gasteiger partial charge in [0.15, 0.2) is 5.78 Å². The van der Waals surface area contributed by atoms with Gasteiger partial charge in [0.2, 0.25) is 16.2 Å². The van der Waals surface area contributed by atoms with E-state index in [0.717, 1.165) is 5.56 Å². The lowest BCUT2D eigenvalue weighted by molar-refractivity contribution is -0.145. The summed E-state index contributed by atoms with van der Waals surface area (Å²) in [5, 5.41) is 7.12. The van der Waals surface area contributed by atoms with E-state index in [1.807, 2.05) is 0 Å². The van der Waals surface area contributed by atoms with Gasteiger partial charge in [-0.25, -0.2) is 4.39 Å². The van der Waals surface area contributed by atoms with E-state index < -0.39 is 92.2 Å². The molecular formula is C27H30F3IN4O7. The molecule has 1 aromatic carbocycles. The monoisotopic (exact) mass is 706 g/mol. The second-order valence-electron chi connectivity index (χ2n) is 9.31. The van der Waals surface area contributed by atoms with Gasteiger partial charge >= 0.3 is 6.61 Å². The smallest absolute Gasteiger partial charge is 0.345 e. The maximum Gasteiger partial charge on any atom is 0.345 e. The first-order valence-corrected chi connectivity index (χ1v) is 15.4. The van der Waals surface area contributed by atoms with Crippen LogP contribution in [0.4, 0.5) is 13.2 Å². The van der Waals surface area contributed by atoms with Crippen molar-refractivity contribution in [3.8, 4) is 0 Å². The van der Waals surface area contributed by atoms with Gasteiger partial charge in [0.05, 0.1) is 31.4 Å². The number of nitrogens with zero attached hydrogens (tertiary/aromatic N) is 1. The largest absolute Gasteiger partial charge is 0.361 e. The molecule has 5 atom stereocenters. The van der Waals surface area contributed by atoms with Crippen LogP contribution in [0.15, 0.2) is 54.9 Å². The molecule has 2 heterocycles. The molecule has 15 heteroatoms. The van der Waals surface area contributed by atoms with E-state index in [2.05, 4.69) is 30.2 Å². The molecule has 3 N–H and O–H groups in total. The number of aromatic nitrogens is 1. The zero-order valence-corrected chi connectivity index (χ0v) is 24.6. The highest BCUT2D eigenvalue weighted by atomic mass is 127. The molecule has 0 aliphatic carbocycles. The summed E-state index contributed by atoms with van der Waals surface area (Å²) in [6, 6.07) is 7.29. The number of hydrogen-bond acceptors (Lipinski definition) is 8. The van der Waals surface area contributed by atoms with E-state index in [4.69, 9.17) is 9.47 Å². The minimum atomic E-state index is -3.26. The third kappa shape index (κ3) is 10.2. The SMILES string of the molecule is C=IC(F)OC[C@H](NC(=O)[C@H](COC(F)F)NC(=O)c1cccnc1)C(=O)N[C@@H](Cc1ccccc1)C(=O)[C@@]1(C)CO1. The first-order valence-electron chi connectivity index (χ1n) is 12.6. The lowest BCUT2D eigenvalue weighted by Crippen LogP contribution is -2.59. The molecule has 1 aliphatic heterocycles. The third-order valence-corrected chi connectivity index (χ3v) is 7.14. The number of alkyl halides is 4. The Kier molecular flexibility index (Phi) is 12.5. The van der Waals surface area contributed by atoms with Crippen LogP contribution in [0.2, 0.25) is 0 Å². The minimum Gasteiger partial charge on any atom is -0.361 e. The number of epoxide rings is 1. The molecule has 3 amide bonds. The van der Waals surface area contributed by atoms with E-state index in [1.54, 1.807) is 37.3 Å². The van der Waals surface area contributed by atoms with Gasteiger partial charge in [-0.3, -0.25) is 24.2 Å². The highest BCUT2D eigenvalue weighted by molar-refractivity contribution is 14.2. The Morgan fingerprint density at radius 1 is 0.976 bits per heavy atom. The average Bonchev–Trinajstić information content (AvgIpc) is 3.75. The summed E-state index contributed by atoms with van der Waals surface area (Å²) in [7, 11) is 0. The van der Waals surface area contributed by atoms with Crippen molar-refractivity contribution in [2.75, 3.05) is 19.8 Å². The fourth-order valence-electron chi connectivity index (χ4n) is 3.71. The summed E-state index contributed by atoms with van der Waals surface area (Å²) in [4.78, 5) is 56.1. The zero-order chi connectivity index (χ0) is 30.7. The van der Waals surface area contributed by atoms with Gasteiger partial charge in [-0.15, -0.1) is 0 Å². The van der Waals surface area contributed by atoms with Gasteiger partial charge in [-0.1, -0.05) is 55.6 Å². The van der Waals surface area contributed by atoms with Crippen molar-refractivity contribution in [3.05, 3.63) is 66.0 Å². The molecule has 1 saturated heterocycles. The molecule has 11 nitrogen and oxygen atoms in total. The lowest BCUT2D eigenvalue weighted by atomic mass is 9.94. The summed E-state index contributed by atoms with van der Waals surface area (Å²) in [5.41, 5.74) is -0.341. The maximum atomic E-state index is 13.9. The molecule has 0 radical (unpaired) electrons. The number of hydrogen-bond donors (Lipinski definition) is 3. The number of ether oxygens (including phenoxy) is 3. The van der Waals surface area contributed by atoms with Gasteiger partial charge < -0.3 is 30.2 Å². The van der Waals surface area contributed by atoms with Crippen LogP contribution in [0.1, 0.15) is 22.8 Å². The Hall–Kier alpha value is -3.28. The second kappa shape index (κ2) is 15.8. The van der Waals surface area contributed by atoms with Crippen molar-refractivity contribution in [2.24, 2.45) is 0 Å². The number of nitrogens with one attached hydrogen (secondary N) is 3. The van der Waals surface area contributed by atoms with Crippen molar-refractivity contribution in [1.82, 2.24) is 20.9 Å². The zero-order valence-electron chi connectivity index (χ0n) is 22.4. The van der Waals surface area contributed by atoms with Crippen LogP contribution in [-0.4, -0.2) is 87.5 Å². The summed E-state index contributed by atoms with van der Waals surface area (Å²) in [6.45, 7) is -3.15. The highest BCUT2D eigenvalue weighted by Gasteiger charge is 2.50. The number of carbonyl (C=O) groups is 4. The van der Waals surface area contributed by atoms with Gasteiger partial charge in [-0.05, 0) is 31.0 Å². The van der Waals surface area contributed by atoms with Crippen LogP contribution in [0.5, 0.6) is 0 Å². The fraction of sp³-hybridized carbons (Fsp3) is 0.407. The van der Waals surface area contributed by atoms with Gasteiger partial charge in [0.25, 0.3) is 5.91 Å². The molecule has 0 spiro atoms. The van der Waals surface area contributed by atoms with E-state index in [-0.39, 0.29) is 18.6 Å². The van der Waals surface area contributed by atoms with Crippen molar-refractivity contribution < 1.29 is 46.6 Å². The number of benzene rings is 1. The van der Waals surface area contributed by atoms with E-state index in [9.17, 15) is 32.3 Å². The Morgan fingerprint density at radius 3 is 2.17 bits per heavy atom. The Labute approximate surface area is 249 Å². The molecule has 3 rings (SSSR count). The normalized spacial score (nSPS) is 18.8. The standard InChI is InChI=1S/C27H30F3IN4O7/c1-27(15-42-27)21(36)18(11-16-7-4-3-5-8-16)33-23(38)20(14-41-26(30)31-2)35-24(39)19(13-40-25(28)29)34-22(37)17-9-6-10-32-12-17/h3-10,12,18-20,25-26H,2,11,13-15H2,1H3,(H,33,38)(H,34,37)(H,35,39)/t18-,19-,20-,26?,27+/m0/s1. The van der Waals surface area contributed by atoms with Crippen molar-refractivity contribution in [1.29, 1.82) is 0 Å². The molecule has 1 aliphatic rings. The van der Waals surface area contributed by atoms with E-state index >= 15 is 0 Å². The molecule has 42 heavy (non-hydrogen) atoms. The van der Waals surface area contributed by atoms with Crippen LogP contribution in [0.25, 0.3) is 0 Å². The molecule has 1 fully saturated rings. The molecule has 1 unspecified atom stereocenters. The summed E-state index contributed by atoms with van der Waals surface area (Å²) in [5.74, 6) is -3.25. The lowest BCUT2D eigenvalue weighted by Gasteiger charge is -2.26. The van der Waals surface area contributed by atoms with Crippen molar-refractivity contribution in [3.63, 3.8) is 0 Å². The first kappa shape index (κ1) is 33.2. The first-order chi connectivity index (χ1) is 20.0. The number of rotatable bonds is 17. The molecular weight excluding hydrogens is 676 g/mol. The predicted molar refractivity (Wildman–Crippen MR) is 153 cm³/mol. The van der Waals surface area contributed by atoms with Crippen LogP contribution in [0, 0.1) is 0 Å². The Morgan fingerprint density at radius 2 is 1.60 bits per heavy atom. The minimum absolute atomic E-state index is 0.0303. The molecule has 228 valence electrons.